The summed E-state index contributed by atoms with van der Waals surface area (Å²) >= 11 is 0. The molecule has 0 aliphatic heterocycles. The highest BCUT2D eigenvalue weighted by molar-refractivity contribution is 6.17. The average Bonchev–Trinajstić information content (AvgIpc) is 3.53. The van der Waals surface area contributed by atoms with Gasteiger partial charge in [-0.3, -0.25) is 19.3 Å². The number of anilines is 1. The van der Waals surface area contributed by atoms with Gasteiger partial charge in [0.05, 0.1) is 23.8 Å². The van der Waals surface area contributed by atoms with E-state index in [4.69, 9.17) is 10.2 Å². The Morgan fingerprint density at radius 1 is 0.981 bits per heavy atom. The maximum Gasteiger partial charge on any atom is 0.230 e. The lowest BCUT2D eigenvalue weighted by Crippen LogP contribution is -2.71. The first kappa shape index (κ1) is 37.2. The summed E-state index contributed by atoms with van der Waals surface area (Å²) in [6.07, 6.45) is -1.30. The summed E-state index contributed by atoms with van der Waals surface area (Å²) in [6.45, 7) is 2.83. The number of rotatable bonds is 11. The van der Waals surface area contributed by atoms with Crippen molar-refractivity contribution in [3.8, 4) is 17.1 Å². The molecule has 3 aromatic rings. The smallest absolute Gasteiger partial charge is 0.230 e. The van der Waals surface area contributed by atoms with Crippen LogP contribution in [0.3, 0.4) is 0 Å². The SMILES string of the molecule is CN(C)CCN(Cc1ccccc1)Cc1ccc(-c2cc(N(C)C)c3c(c2O)C(=O)C2=C(O)[C@]4(O)C(=O)C(C(N)=O)C(O)[C@@H](N(C)C)[C@@H]4C[C@@H]2C3)o1. The zero-order chi connectivity index (χ0) is 37.8. The number of primary amides is 1. The van der Waals surface area contributed by atoms with Gasteiger partial charge in [0.1, 0.15) is 28.9 Å². The van der Waals surface area contributed by atoms with Gasteiger partial charge in [0.25, 0.3) is 0 Å². The zero-order valence-electron chi connectivity index (χ0n) is 30.5. The van der Waals surface area contributed by atoms with E-state index in [0.717, 1.165) is 18.7 Å². The van der Waals surface area contributed by atoms with E-state index < -0.39 is 58.7 Å². The minimum Gasteiger partial charge on any atom is -0.508 e. The molecule has 2 aromatic carbocycles. The summed E-state index contributed by atoms with van der Waals surface area (Å²) in [6, 6.07) is 14.6. The van der Waals surface area contributed by atoms with E-state index in [1.54, 1.807) is 31.1 Å². The molecule has 6 atom stereocenters. The molecule has 1 fully saturated rings. The Labute approximate surface area is 303 Å². The topological polar surface area (TPSA) is 184 Å². The second-order valence-electron chi connectivity index (χ2n) is 15.1. The Morgan fingerprint density at radius 3 is 2.29 bits per heavy atom. The number of aromatic hydroxyl groups is 1. The number of amides is 1. The van der Waals surface area contributed by atoms with Crippen LogP contribution in [0.15, 0.2) is 64.3 Å². The van der Waals surface area contributed by atoms with Crippen LogP contribution in [-0.2, 0) is 29.1 Å². The molecule has 13 nitrogen and oxygen atoms in total. The number of phenols is 1. The highest BCUT2D eigenvalue weighted by Crippen LogP contribution is 2.54. The fourth-order valence-corrected chi connectivity index (χ4v) is 8.47. The highest BCUT2D eigenvalue weighted by Gasteiger charge is 2.66. The number of allylic oxidation sites excluding steroid dienone is 1. The van der Waals surface area contributed by atoms with Crippen molar-refractivity contribution in [2.24, 2.45) is 23.5 Å². The van der Waals surface area contributed by atoms with E-state index in [9.17, 15) is 34.8 Å². The van der Waals surface area contributed by atoms with Crippen LogP contribution < -0.4 is 10.6 Å². The Balaban J connectivity index is 1.40. The van der Waals surface area contributed by atoms with Crippen LogP contribution >= 0.6 is 0 Å². The minimum atomic E-state index is -2.65. The lowest BCUT2D eigenvalue weighted by atomic mass is 9.56. The average molecular weight is 716 g/mol. The van der Waals surface area contributed by atoms with Crippen LogP contribution in [-0.4, -0.2) is 126 Å². The van der Waals surface area contributed by atoms with Crippen LogP contribution in [0.4, 0.5) is 5.69 Å². The third kappa shape index (κ3) is 6.30. The number of hydrogen-bond donors (Lipinski definition) is 5. The molecule has 3 aliphatic carbocycles. The second-order valence-corrected chi connectivity index (χ2v) is 15.1. The van der Waals surface area contributed by atoms with Gasteiger partial charge >= 0.3 is 0 Å². The lowest BCUT2D eigenvalue weighted by Gasteiger charge is -2.53. The monoisotopic (exact) mass is 715 g/mol. The van der Waals surface area contributed by atoms with Gasteiger partial charge in [0.15, 0.2) is 17.2 Å². The number of nitrogens with zero attached hydrogens (tertiary/aromatic N) is 4. The molecule has 1 heterocycles. The van der Waals surface area contributed by atoms with Crippen LogP contribution in [0, 0.1) is 17.8 Å². The van der Waals surface area contributed by atoms with E-state index in [0.29, 0.717) is 35.9 Å². The molecule has 13 heteroatoms. The van der Waals surface area contributed by atoms with Gasteiger partial charge in [0.2, 0.25) is 5.91 Å². The largest absolute Gasteiger partial charge is 0.508 e. The van der Waals surface area contributed by atoms with Crippen molar-refractivity contribution in [1.29, 1.82) is 0 Å². The van der Waals surface area contributed by atoms with Crippen molar-refractivity contribution in [2.45, 2.75) is 43.7 Å². The number of carbonyl (C=O) groups is 3. The van der Waals surface area contributed by atoms with E-state index in [2.05, 4.69) is 21.9 Å². The summed E-state index contributed by atoms with van der Waals surface area (Å²) < 4.78 is 6.33. The summed E-state index contributed by atoms with van der Waals surface area (Å²) in [5.74, 6) is -6.76. The normalized spacial score (nSPS) is 25.8. The van der Waals surface area contributed by atoms with Crippen LogP contribution in [0.1, 0.15) is 33.7 Å². The molecular formula is C39H49N5O8. The first-order valence-electron chi connectivity index (χ1n) is 17.5. The maximum absolute atomic E-state index is 14.5. The lowest BCUT2D eigenvalue weighted by molar-refractivity contribution is -0.178. The number of aliphatic hydroxyl groups excluding tert-OH is 2. The second kappa shape index (κ2) is 14.1. The molecule has 0 spiro atoms. The standard InChI is InChI=1S/C39H49N5O8/c1-41(2)14-15-44(19-21-10-8-7-9-11-21)20-23-12-13-28(52-23)25-18-27(42(3)4)24-16-22-17-26-32(43(5)6)35(47)31(38(40)50)37(49)39(26,51)36(48)29(22)34(46)30(24)33(25)45/h7-13,18,22,26,31-32,35,45,47-48,51H,14-17,19-20H2,1-6H3,(H2,40,50)/t22-,26-,31?,32-,35?,39-/m0/s1. The zero-order valence-corrected chi connectivity index (χ0v) is 30.5. The number of carbonyl (C=O) groups excluding carboxylic acids is 3. The maximum atomic E-state index is 14.5. The predicted molar refractivity (Wildman–Crippen MR) is 195 cm³/mol. The number of likely N-dealkylation sites (N-methyl/N-ethyl adjacent to an activating group) is 2. The van der Waals surface area contributed by atoms with E-state index in [1.807, 2.05) is 57.4 Å². The number of ketones is 2. The molecule has 0 bridgehead atoms. The number of Topliss-reactive ketones (excluding diaryl/α,β-unsaturated/α-hetero) is 2. The summed E-state index contributed by atoms with van der Waals surface area (Å²) in [7, 11) is 11.0. The van der Waals surface area contributed by atoms with Gasteiger partial charge in [-0.05, 0) is 76.3 Å². The molecule has 0 saturated heterocycles. The molecule has 2 unspecified atom stereocenters. The van der Waals surface area contributed by atoms with Crippen molar-refractivity contribution in [3.63, 3.8) is 0 Å². The van der Waals surface area contributed by atoms with Crippen molar-refractivity contribution in [1.82, 2.24) is 14.7 Å². The third-order valence-corrected chi connectivity index (χ3v) is 11.0. The summed E-state index contributed by atoms with van der Waals surface area (Å²) in [4.78, 5) is 48.4. The number of furan rings is 1. The van der Waals surface area contributed by atoms with Crippen LogP contribution in [0.25, 0.3) is 11.3 Å². The van der Waals surface area contributed by atoms with Crippen LogP contribution in [0.5, 0.6) is 5.75 Å². The fraction of sp³-hybridized carbons (Fsp3) is 0.462. The van der Waals surface area contributed by atoms with Gasteiger partial charge in [-0.15, -0.1) is 0 Å². The number of aliphatic hydroxyl groups is 3. The molecule has 3 aliphatic rings. The molecule has 1 saturated carbocycles. The van der Waals surface area contributed by atoms with Gasteiger partial charge in [-0.1, -0.05) is 30.3 Å². The fourth-order valence-electron chi connectivity index (χ4n) is 8.47. The minimum absolute atomic E-state index is 0.0441. The summed E-state index contributed by atoms with van der Waals surface area (Å²) in [5, 5.41) is 46.8. The van der Waals surface area contributed by atoms with E-state index >= 15 is 0 Å². The number of hydrogen-bond acceptors (Lipinski definition) is 12. The van der Waals surface area contributed by atoms with Crippen molar-refractivity contribution >= 4 is 23.2 Å². The quantitative estimate of drug-likeness (QED) is 0.183. The molecular weight excluding hydrogens is 666 g/mol. The van der Waals surface area contributed by atoms with Crippen molar-refractivity contribution < 1.29 is 39.2 Å². The Bertz CT molecular complexity index is 1900. The molecule has 1 aromatic heterocycles. The molecule has 0 radical (unpaired) electrons. The highest BCUT2D eigenvalue weighted by atomic mass is 16.4. The Hall–Kier alpha value is -4.53. The summed E-state index contributed by atoms with van der Waals surface area (Å²) in [5.41, 5.74) is 5.24. The first-order chi connectivity index (χ1) is 24.6. The molecule has 6 rings (SSSR count). The number of nitrogens with two attached hydrogens (primary N) is 1. The van der Waals surface area contributed by atoms with Crippen molar-refractivity contribution in [2.75, 3.05) is 60.3 Å². The molecule has 52 heavy (non-hydrogen) atoms. The number of fused-ring (bicyclic) bond motifs is 3. The van der Waals surface area contributed by atoms with E-state index in [-0.39, 0.29) is 35.3 Å². The van der Waals surface area contributed by atoms with Gasteiger partial charge in [-0.25, -0.2) is 0 Å². The Morgan fingerprint density at radius 2 is 1.67 bits per heavy atom. The van der Waals surface area contributed by atoms with Gasteiger partial charge in [0, 0.05) is 56.9 Å². The Kier molecular flexibility index (Phi) is 10.1. The van der Waals surface area contributed by atoms with Crippen LogP contribution in [0.2, 0.25) is 0 Å². The van der Waals surface area contributed by atoms with E-state index in [1.165, 1.54) is 0 Å². The number of phenolic OH excluding ortho intramolecular Hbond substituents is 1. The van der Waals surface area contributed by atoms with Gasteiger partial charge in [-0.2, -0.15) is 0 Å². The third-order valence-electron chi connectivity index (χ3n) is 11.0. The molecule has 1 amide bonds. The molecule has 6 N–H and O–H groups in total. The van der Waals surface area contributed by atoms with Crippen molar-refractivity contribution in [3.05, 3.63) is 82.3 Å². The first-order valence-corrected chi connectivity index (χ1v) is 17.5. The number of benzene rings is 2. The predicted octanol–water partition coefficient (Wildman–Crippen LogP) is 2.18. The molecule has 278 valence electrons. The van der Waals surface area contributed by atoms with Gasteiger partial charge < -0.3 is 45.3 Å².